The minimum absolute atomic E-state index is 0.00341. The summed E-state index contributed by atoms with van der Waals surface area (Å²) in [6.07, 6.45) is 7.66. The summed E-state index contributed by atoms with van der Waals surface area (Å²) < 4.78 is 40.4. The van der Waals surface area contributed by atoms with Gasteiger partial charge in [0.2, 0.25) is 5.91 Å². The first kappa shape index (κ1) is 20.5. The molecule has 2 aromatic rings. The standard InChI is InChI=1S/C24H27FN2O3S/c25-20-3-7-22(8-4-20)31(29,30)27-21-5-1-16(2-6-21)12-23(28)26-24-13-17-9-18(14-24)11-19(10-17)15-24/h1-8,17-19,27H,9-15H2,(H,26,28). The van der Waals surface area contributed by atoms with Gasteiger partial charge in [0, 0.05) is 11.2 Å². The number of hydrogen-bond donors (Lipinski definition) is 2. The minimum Gasteiger partial charge on any atom is -0.350 e. The predicted molar refractivity (Wildman–Crippen MR) is 116 cm³/mol. The van der Waals surface area contributed by atoms with Crippen molar-refractivity contribution >= 4 is 21.6 Å². The molecule has 6 rings (SSSR count). The zero-order valence-electron chi connectivity index (χ0n) is 17.3. The van der Waals surface area contributed by atoms with E-state index in [1.165, 1.54) is 31.4 Å². The number of sulfonamides is 1. The van der Waals surface area contributed by atoms with E-state index < -0.39 is 15.8 Å². The van der Waals surface area contributed by atoms with E-state index in [4.69, 9.17) is 0 Å². The van der Waals surface area contributed by atoms with E-state index in [0.29, 0.717) is 5.69 Å². The molecule has 2 N–H and O–H groups in total. The Kier molecular flexibility index (Phi) is 5.04. The second kappa shape index (κ2) is 7.62. The summed E-state index contributed by atoms with van der Waals surface area (Å²) in [6.45, 7) is 0. The molecule has 31 heavy (non-hydrogen) atoms. The number of rotatable bonds is 6. The predicted octanol–water partition coefficient (Wildman–Crippen LogP) is 4.25. The first-order valence-electron chi connectivity index (χ1n) is 11.0. The third-order valence-electron chi connectivity index (χ3n) is 7.14. The molecule has 4 saturated carbocycles. The smallest absolute Gasteiger partial charge is 0.261 e. The van der Waals surface area contributed by atoms with Crippen molar-refractivity contribution in [2.75, 3.05) is 4.72 Å². The molecule has 7 heteroatoms. The summed E-state index contributed by atoms with van der Waals surface area (Å²) in [5.41, 5.74) is 1.23. The lowest BCUT2D eigenvalue weighted by atomic mass is 9.53. The molecule has 2 aromatic carbocycles. The average molecular weight is 443 g/mol. The SMILES string of the molecule is O=C(Cc1ccc(NS(=O)(=O)c2ccc(F)cc2)cc1)NC12CC3CC(CC(C3)C1)C2. The van der Waals surface area contributed by atoms with Crippen LogP contribution in [0.15, 0.2) is 53.4 Å². The van der Waals surface area contributed by atoms with Crippen LogP contribution >= 0.6 is 0 Å². The fraction of sp³-hybridized carbons (Fsp3) is 0.458. The van der Waals surface area contributed by atoms with Crippen LogP contribution < -0.4 is 10.0 Å². The second-order valence-corrected chi connectivity index (χ2v) is 11.4. The molecule has 0 radical (unpaired) electrons. The Morgan fingerprint density at radius 2 is 1.45 bits per heavy atom. The van der Waals surface area contributed by atoms with Crippen LogP contribution in [-0.4, -0.2) is 19.9 Å². The molecule has 0 aliphatic heterocycles. The Morgan fingerprint density at radius 3 is 2.00 bits per heavy atom. The summed E-state index contributed by atoms with van der Waals surface area (Å²) in [5.74, 6) is 1.89. The van der Waals surface area contributed by atoms with Gasteiger partial charge in [-0.15, -0.1) is 0 Å². The van der Waals surface area contributed by atoms with Gasteiger partial charge in [-0.05, 0) is 98.2 Å². The summed E-state index contributed by atoms with van der Waals surface area (Å²) >= 11 is 0. The molecule has 0 saturated heterocycles. The number of carbonyl (C=O) groups excluding carboxylic acids is 1. The van der Waals surface area contributed by atoms with Crippen molar-refractivity contribution in [3.8, 4) is 0 Å². The van der Waals surface area contributed by atoms with Gasteiger partial charge in [-0.3, -0.25) is 9.52 Å². The van der Waals surface area contributed by atoms with E-state index >= 15 is 0 Å². The fourth-order valence-corrected chi connectivity index (χ4v) is 7.37. The fourth-order valence-electron chi connectivity index (χ4n) is 6.31. The zero-order chi connectivity index (χ0) is 21.6. The van der Waals surface area contributed by atoms with Crippen molar-refractivity contribution in [3.63, 3.8) is 0 Å². The highest BCUT2D eigenvalue weighted by Gasteiger charge is 2.51. The lowest BCUT2D eigenvalue weighted by Crippen LogP contribution is -2.60. The molecule has 0 atom stereocenters. The Hall–Kier alpha value is -2.41. The van der Waals surface area contributed by atoms with E-state index in [1.807, 2.05) is 0 Å². The van der Waals surface area contributed by atoms with Crippen LogP contribution in [-0.2, 0) is 21.2 Å². The molecule has 1 amide bonds. The molecule has 5 nitrogen and oxygen atoms in total. The van der Waals surface area contributed by atoms with E-state index in [-0.39, 0.29) is 22.8 Å². The Balaban J connectivity index is 1.20. The van der Waals surface area contributed by atoms with Gasteiger partial charge in [0.1, 0.15) is 5.82 Å². The third kappa shape index (κ3) is 4.33. The number of hydrogen-bond acceptors (Lipinski definition) is 3. The van der Waals surface area contributed by atoms with Crippen LogP contribution in [0.25, 0.3) is 0 Å². The number of halogens is 1. The molecule has 4 fully saturated rings. The van der Waals surface area contributed by atoms with Crippen molar-refractivity contribution in [1.82, 2.24) is 5.32 Å². The van der Waals surface area contributed by atoms with Crippen molar-refractivity contribution in [3.05, 3.63) is 59.9 Å². The third-order valence-corrected chi connectivity index (χ3v) is 8.53. The van der Waals surface area contributed by atoms with Gasteiger partial charge in [-0.2, -0.15) is 0 Å². The van der Waals surface area contributed by atoms with Crippen LogP contribution in [0.3, 0.4) is 0 Å². The highest BCUT2D eigenvalue weighted by molar-refractivity contribution is 7.92. The van der Waals surface area contributed by atoms with Crippen molar-refractivity contribution in [2.45, 2.75) is 55.4 Å². The van der Waals surface area contributed by atoms with Crippen molar-refractivity contribution in [2.24, 2.45) is 17.8 Å². The van der Waals surface area contributed by atoms with Gasteiger partial charge in [-0.25, -0.2) is 12.8 Å². The van der Waals surface area contributed by atoms with E-state index in [2.05, 4.69) is 10.0 Å². The average Bonchev–Trinajstić information content (AvgIpc) is 2.68. The highest BCUT2D eigenvalue weighted by Crippen LogP contribution is 2.55. The minimum atomic E-state index is -3.79. The van der Waals surface area contributed by atoms with Gasteiger partial charge < -0.3 is 5.32 Å². The normalized spacial score (nSPS) is 29.0. The first-order chi connectivity index (χ1) is 14.8. The maximum absolute atomic E-state index is 13.0. The molecular formula is C24H27FN2O3S. The maximum Gasteiger partial charge on any atom is 0.261 e. The van der Waals surface area contributed by atoms with Crippen LogP contribution in [0, 0.1) is 23.6 Å². The Bertz CT molecular complexity index is 1050. The van der Waals surface area contributed by atoms with Gasteiger partial charge in [0.25, 0.3) is 10.0 Å². The molecule has 4 aliphatic carbocycles. The lowest BCUT2D eigenvalue weighted by Gasteiger charge is -2.56. The molecular weight excluding hydrogens is 415 g/mol. The van der Waals surface area contributed by atoms with Crippen LogP contribution in [0.2, 0.25) is 0 Å². The van der Waals surface area contributed by atoms with Crippen LogP contribution in [0.4, 0.5) is 10.1 Å². The Morgan fingerprint density at radius 1 is 0.903 bits per heavy atom. The van der Waals surface area contributed by atoms with Crippen LogP contribution in [0.5, 0.6) is 0 Å². The monoisotopic (exact) mass is 442 g/mol. The molecule has 0 heterocycles. The van der Waals surface area contributed by atoms with Gasteiger partial charge in [0.05, 0.1) is 11.3 Å². The Labute approximate surface area is 182 Å². The molecule has 0 spiro atoms. The number of anilines is 1. The van der Waals surface area contributed by atoms with E-state index in [9.17, 15) is 17.6 Å². The largest absolute Gasteiger partial charge is 0.350 e. The molecule has 0 unspecified atom stereocenters. The van der Waals surface area contributed by atoms with E-state index in [1.54, 1.807) is 24.3 Å². The second-order valence-electron chi connectivity index (χ2n) is 9.68. The van der Waals surface area contributed by atoms with Crippen molar-refractivity contribution < 1.29 is 17.6 Å². The molecule has 0 aromatic heterocycles. The number of benzene rings is 2. The topological polar surface area (TPSA) is 75.3 Å². The number of amides is 1. The van der Waals surface area contributed by atoms with Gasteiger partial charge in [0.15, 0.2) is 0 Å². The summed E-state index contributed by atoms with van der Waals surface area (Å²) in [7, 11) is -3.79. The first-order valence-corrected chi connectivity index (χ1v) is 12.5. The summed E-state index contributed by atoms with van der Waals surface area (Å²) in [5, 5.41) is 3.37. The molecule has 4 bridgehead atoms. The quantitative estimate of drug-likeness (QED) is 0.702. The van der Waals surface area contributed by atoms with Gasteiger partial charge in [-0.1, -0.05) is 12.1 Å². The van der Waals surface area contributed by atoms with Gasteiger partial charge >= 0.3 is 0 Å². The maximum atomic E-state index is 13.0. The highest BCUT2D eigenvalue weighted by atomic mass is 32.2. The van der Waals surface area contributed by atoms with Crippen LogP contribution in [0.1, 0.15) is 44.1 Å². The number of carbonyl (C=O) groups is 1. The van der Waals surface area contributed by atoms with E-state index in [0.717, 1.165) is 54.7 Å². The number of nitrogens with one attached hydrogen (secondary N) is 2. The van der Waals surface area contributed by atoms with Crippen molar-refractivity contribution in [1.29, 1.82) is 0 Å². The summed E-state index contributed by atoms with van der Waals surface area (Å²) in [4.78, 5) is 12.8. The molecule has 4 aliphatic rings. The molecule has 164 valence electrons. The lowest BCUT2D eigenvalue weighted by molar-refractivity contribution is -0.126. The summed E-state index contributed by atoms with van der Waals surface area (Å²) in [6, 6.07) is 11.5. The zero-order valence-corrected chi connectivity index (χ0v) is 18.1.